The van der Waals surface area contributed by atoms with Crippen molar-refractivity contribution in [2.75, 3.05) is 7.11 Å². The Labute approximate surface area is 176 Å². The molecular weight excluding hydrogens is 402 g/mol. The van der Waals surface area contributed by atoms with Crippen molar-refractivity contribution in [3.05, 3.63) is 72.0 Å². The molecule has 1 N–H and O–H groups in total. The molecule has 0 amide bonds. The van der Waals surface area contributed by atoms with E-state index >= 15 is 0 Å². The van der Waals surface area contributed by atoms with Crippen LogP contribution in [0.4, 0.5) is 0 Å². The molecule has 0 aliphatic heterocycles. The molecule has 0 fully saturated rings. The highest BCUT2D eigenvalue weighted by Crippen LogP contribution is 2.27. The Balaban J connectivity index is 1.55. The van der Waals surface area contributed by atoms with Gasteiger partial charge in [-0.25, -0.2) is 4.98 Å². The van der Waals surface area contributed by atoms with E-state index < -0.39 is 10.8 Å². The smallest absolute Gasteiger partial charge is 0.197 e. The van der Waals surface area contributed by atoms with E-state index in [0.717, 1.165) is 22.6 Å². The van der Waals surface area contributed by atoms with Crippen LogP contribution in [0.5, 0.6) is 11.5 Å². The zero-order valence-corrected chi connectivity index (χ0v) is 17.7. The molecule has 3 aromatic heterocycles. The second-order valence-corrected chi connectivity index (χ2v) is 8.13. The minimum Gasteiger partial charge on any atom is -0.496 e. The lowest BCUT2D eigenvalue weighted by atomic mass is 10.1. The Morgan fingerprint density at radius 1 is 1.30 bits per heavy atom. The van der Waals surface area contributed by atoms with Gasteiger partial charge in [0.25, 0.3) is 0 Å². The first kappa shape index (κ1) is 19.9. The van der Waals surface area contributed by atoms with Gasteiger partial charge in [0.1, 0.15) is 11.5 Å². The fourth-order valence-electron chi connectivity index (χ4n) is 3.18. The summed E-state index contributed by atoms with van der Waals surface area (Å²) >= 11 is 0. The summed E-state index contributed by atoms with van der Waals surface area (Å²) in [6.45, 7) is 7.72. The number of aromatic amines is 1. The van der Waals surface area contributed by atoms with Crippen molar-refractivity contribution in [2.24, 2.45) is 0 Å². The maximum Gasteiger partial charge on any atom is 0.197 e. The number of hydrogen-bond acceptors (Lipinski definition) is 6. The van der Waals surface area contributed by atoms with Gasteiger partial charge in [0, 0.05) is 23.4 Å². The number of aryl methyl sites for hydroxylation is 1. The molecule has 0 aliphatic rings. The minimum absolute atomic E-state index is 0.237. The van der Waals surface area contributed by atoms with Crippen LogP contribution in [0.2, 0.25) is 0 Å². The fourth-order valence-corrected chi connectivity index (χ4v) is 4.28. The molecule has 3 heterocycles. The van der Waals surface area contributed by atoms with Crippen LogP contribution >= 0.6 is 0 Å². The van der Waals surface area contributed by atoms with Crippen molar-refractivity contribution in [1.82, 2.24) is 15.0 Å². The lowest BCUT2D eigenvalue weighted by molar-refractivity contribution is 0.407. The van der Waals surface area contributed by atoms with Crippen molar-refractivity contribution in [3.8, 4) is 11.5 Å². The summed E-state index contributed by atoms with van der Waals surface area (Å²) in [7, 11) is 0.227. The van der Waals surface area contributed by atoms with Gasteiger partial charge in [-0.15, -0.1) is 0 Å². The second kappa shape index (κ2) is 8.16. The van der Waals surface area contributed by atoms with E-state index in [-0.39, 0.29) is 5.75 Å². The molecule has 0 aliphatic carbocycles. The van der Waals surface area contributed by atoms with Crippen molar-refractivity contribution >= 4 is 27.6 Å². The van der Waals surface area contributed by atoms with Crippen LogP contribution in [-0.4, -0.2) is 26.3 Å². The predicted octanol–water partition coefficient (Wildman–Crippen LogP) is 4.53. The number of pyridine rings is 1. The third-order valence-corrected chi connectivity index (χ3v) is 5.86. The zero-order chi connectivity index (χ0) is 21.3. The summed E-state index contributed by atoms with van der Waals surface area (Å²) in [5.41, 5.74) is 3.95. The highest BCUT2D eigenvalue weighted by molar-refractivity contribution is 7.84. The third-order valence-electron chi connectivity index (χ3n) is 4.70. The van der Waals surface area contributed by atoms with E-state index in [1.165, 1.54) is 0 Å². The van der Waals surface area contributed by atoms with E-state index in [2.05, 4.69) is 21.5 Å². The molecule has 1 unspecified atom stereocenters. The first-order valence-electron chi connectivity index (χ1n) is 9.24. The predicted molar refractivity (Wildman–Crippen MR) is 115 cm³/mol. The number of aromatic nitrogens is 3. The average molecular weight is 423 g/mol. The van der Waals surface area contributed by atoms with Gasteiger partial charge >= 0.3 is 0 Å². The normalized spacial score (nSPS) is 12.1. The Hall–Kier alpha value is -3.39. The molecule has 30 heavy (non-hydrogen) atoms. The topological polar surface area (TPSA) is 90.2 Å². The van der Waals surface area contributed by atoms with Crippen LogP contribution in [-0.2, 0) is 16.6 Å². The third kappa shape index (κ3) is 3.86. The molecule has 4 rings (SSSR count). The zero-order valence-electron chi connectivity index (χ0n) is 16.9. The summed E-state index contributed by atoms with van der Waals surface area (Å²) in [5, 5.41) is 0.382. The van der Waals surface area contributed by atoms with Gasteiger partial charge < -0.3 is 18.9 Å². The molecule has 0 bridgehead atoms. The van der Waals surface area contributed by atoms with Crippen LogP contribution in [0.25, 0.3) is 16.8 Å². The standard InChI is InChI=1S/C22H21N3O4S/c1-13-11-23-19(14(2)21(13)27-4)12-30(26)22-24-17-8-7-16(10-18(17)25-22)29-15(3)20-6-5-9-28-20/h5-11H,3,12H2,1-2,4H3,(H,24,25). The Morgan fingerprint density at radius 2 is 2.13 bits per heavy atom. The maximum absolute atomic E-state index is 12.9. The van der Waals surface area contributed by atoms with Gasteiger partial charge in [0.2, 0.25) is 0 Å². The van der Waals surface area contributed by atoms with Crippen molar-refractivity contribution in [3.63, 3.8) is 0 Å². The number of methoxy groups -OCH3 is 1. The fraction of sp³-hybridized carbons (Fsp3) is 0.182. The number of nitrogens with one attached hydrogen (secondary N) is 1. The van der Waals surface area contributed by atoms with Crippen molar-refractivity contribution in [1.29, 1.82) is 0 Å². The van der Waals surface area contributed by atoms with Gasteiger partial charge in [-0.05, 0) is 38.1 Å². The van der Waals surface area contributed by atoms with Crippen LogP contribution in [0.1, 0.15) is 22.6 Å². The summed E-state index contributed by atoms with van der Waals surface area (Å²) in [6.07, 6.45) is 3.29. The molecular formula is C22H21N3O4S. The van der Waals surface area contributed by atoms with Crippen LogP contribution in [0.15, 0.2) is 58.9 Å². The summed E-state index contributed by atoms with van der Waals surface area (Å²) in [6, 6.07) is 8.91. The molecule has 1 aromatic carbocycles. The monoisotopic (exact) mass is 423 g/mol. The molecule has 1 atom stereocenters. The van der Waals surface area contributed by atoms with Crippen LogP contribution < -0.4 is 9.47 Å². The quantitative estimate of drug-likeness (QED) is 0.439. The van der Waals surface area contributed by atoms with E-state index in [4.69, 9.17) is 13.9 Å². The van der Waals surface area contributed by atoms with E-state index in [9.17, 15) is 4.21 Å². The van der Waals surface area contributed by atoms with Crippen molar-refractivity contribution in [2.45, 2.75) is 24.8 Å². The lowest BCUT2D eigenvalue weighted by Crippen LogP contribution is -2.05. The molecule has 0 saturated heterocycles. The first-order valence-corrected chi connectivity index (χ1v) is 10.6. The minimum atomic E-state index is -1.39. The van der Waals surface area contributed by atoms with Crippen LogP contribution in [0.3, 0.4) is 0 Å². The highest BCUT2D eigenvalue weighted by atomic mass is 32.2. The van der Waals surface area contributed by atoms with Gasteiger partial charge in [0.15, 0.2) is 16.7 Å². The Bertz CT molecular complexity index is 1240. The maximum atomic E-state index is 12.9. The van der Waals surface area contributed by atoms with Gasteiger partial charge in [-0.3, -0.25) is 9.19 Å². The molecule has 0 spiro atoms. The summed E-state index contributed by atoms with van der Waals surface area (Å²) in [5.74, 6) is 2.53. The summed E-state index contributed by atoms with van der Waals surface area (Å²) < 4.78 is 29.4. The Morgan fingerprint density at radius 3 is 2.87 bits per heavy atom. The number of fused-ring (bicyclic) bond motifs is 1. The molecule has 154 valence electrons. The van der Waals surface area contributed by atoms with Crippen molar-refractivity contribution < 1.29 is 18.1 Å². The molecule has 8 heteroatoms. The number of nitrogens with zero attached hydrogens (tertiary/aromatic N) is 2. The largest absolute Gasteiger partial charge is 0.496 e. The molecule has 0 saturated carbocycles. The number of rotatable bonds is 7. The van der Waals surface area contributed by atoms with E-state index in [1.807, 2.05) is 13.8 Å². The van der Waals surface area contributed by atoms with E-state index in [1.54, 1.807) is 49.9 Å². The first-order chi connectivity index (χ1) is 14.5. The SMILES string of the molecule is C=C(Oc1ccc2nc(S(=O)Cc3ncc(C)c(OC)c3C)[nH]c2c1)c1ccco1. The average Bonchev–Trinajstić information content (AvgIpc) is 3.40. The number of H-pyrrole nitrogens is 1. The molecule has 7 nitrogen and oxygen atoms in total. The number of imidazole rings is 1. The van der Waals surface area contributed by atoms with Gasteiger partial charge in [-0.2, -0.15) is 0 Å². The van der Waals surface area contributed by atoms with Gasteiger partial charge in [-0.1, -0.05) is 6.58 Å². The number of benzene rings is 1. The van der Waals surface area contributed by atoms with Gasteiger partial charge in [0.05, 0.1) is 46.7 Å². The Kier molecular flexibility index (Phi) is 5.41. The second-order valence-electron chi connectivity index (χ2n) is 6.76. The molecule has 4 aromatic rings. The number of furan rings is 1. The molecule has 0 radical (unpaired) electrons. The highest BCUT2D eigenvalue weighted by Gasteiger charge is 2.16. The van der Waals surface area contributed by atoms with Crippen LogP contribution in [0, 0.1) is 13.8 Å². The number of hydrogen-bond donors (Lipinski definition) is 1. The lowest BCUT2D eigenvalue weighted by Gasteiger charge is -2.11. The number of ether oxygens (including phenoxy) is 2. The summed E-state index contributed by atoms with van der Waals surface area (Å²) in [4.78, 5) is 12.0. The van der Waals surface area contributed by atoms with E-state index in [0.29, 0.717) is 33.5 Å².